The maximum atomic E-state index is 5.85. The summed E-state index contributed by atoms with van der Waals surface area (Å²) in [7, 11) is 0. The number of rotatable bonds is 4. The largest absolute Gasteiger partial charge is 0.367 e. The van der Waals surface area contributed by atoms with Crippen molar-refractivity contribution in [2.75, 3.05) is 19.7 Å². The SMILES string of the molecule is CCc1nc([C@@H]2CN(Cc3nc4ccccc4s3)CCO2)n[nH]1. The molecule has 0 unspecified atom stereocenters. The molecule has 1 aliphatic rings. The molecule has 1 aromatic carbocycles. The highest BCUT2D eigenvalue weighted by Gasteiger charge is 2.25. The summed E-state index contributed by atoms with van der Waals surface area (Å²) in [5.74, 6) is 1.67. The number of aromatic amines is 1. The topological polar surface area (TPSA) is 66.9 Å². The second kappa shape index (κ2) is 6.35. The lowest BCUT2D eigenvalue weighted by molar-refractivity contribution is -0.0370. The molecule has 7 heteroatoms. The second-order valence-corrected chi connectivity index (χ2v) is 6.78. The van der Waals surface area contributed by atoms with Crippen LogP contribution in [0.4, 0.5) is 0 Å². The molecule has 0 aliphatic carbocycles. The van der Waals surface area contributed by atoms with E-state index in [9.17, 15) is 0 Å². The van der Waals surface area contributed by atoms with Crippen LogP contribution in [0.3, 0.4) is 0 Å². The van der Waals surface area contributed by atoms with Gasteiger partial charge in [0.25, 0.3) is 0 Å². The normalized spacial score (nSPS) is 19.4. The molecule has 23 heavy (non-hydrogen) atoms. The molecule has 0 amide bonds. The van der Waals surface area contributed by atoms with Crippen molar-refractivity contribution in [3.8, 4) is 0 Å². The summed E-state index contributed by atoms with van der Waals surface area (Å²) >= 11 is 1.76. The molecule has 0 radical (unpaired) electrons. The van der Waals surface area contributed by atoms with E-state index in [0.717, 1.165) is 48.2 Å². The molecule has 3 heterocycles. The van der Waals surface area contributed by atoms with Crippen LogP contribution in [0.25, 0.3) is 10.2 Å². The van der Waals surface area contributed by atoms with Crippen molar-refractivity contribution < 1.29 is 4.74 Å². The molecule has 4 rings (SSSR count). The number of H-pyrrole nitrogens is 1. The highest BCUT2D eigenvalue weighted by molar-refractivity contribution is 7.18. The van der Waals surface area contributed by atoms with E-state index in [1.54, 1.807) is 11.3 Å². The van der Waals surface area contributed by atoms with Crippen LogP contribution in [0, 0.1) is 0 Å². The first-order valence-corrected chi connectivity index (χ1v) is 8.73. The Balaban J connectivity index is 1.46. The number of hydrogen-bond acceptors (Lipinski definition) is 6. The van der Waals surface area contributed by atoms with Gasteiger partial charge in [-0.25, -0.2) is 9.97 Å². The average molecular weight is 329 g/mol. The van der Waals surface area contributed by atoms with Crippen molar-refractivity contribution >= 4 is 21.6 Å². The fourth-order valence-electron chi connectivity index (χ4n) is 2.79. The van der Waals surface area contributed by atoms with E-state index in [2.05, 4.69) is 45.2 Å². The maximum Gasteiger partial charge on any atom is 0.180 e. The number of morpholine rings is 1. The molecule has 0 spiro atoms. The Morgan fingerprint density at radius 1 is 1.35 bits per heavy atom. The van der Waals surface area contributed by atoms with Crippen LogP contribution >= 0.6 is 11.3 Å². The predicted octanol–water partition coefficient (Wildman–Crippen LogP) is 2.55. The van der Waals surface area contributed by atoms with Crippen LogP contribution in [-0.4, -0.2) is 44.8 Å². The lowest BCUT2D eigenvalue weighted by atomic mass is 10.2. The highest BCUT2D eigenvalue weighted by Crippen LogP contribution is 2.25. The molecule has 1 atom stereocenters. The molecule has 1 aliphatic heterocycles. The molecule has 2 aromatic heterocycles. The molecule has 0 bridgehead atoms. The van der Waals surface area contributed by atoms with Gasteiger partial charge >= 0.3 is 0 Å². The van der Waals surface area contributed by atoms with Gasteiger partial charge in [0.2, 0.25) is 0 Å². The second-order valence-electron chi connectivity index (χ2n) is 5.66. The van der Waals surface area contributed by atoms with E-state index < -0.39 is 0 Å². The molecular weight excluding hydrogens is 310 g/mol. The van der Waals surface area contributed by atoms with Crippen LogP contribution in [0.15, 0.2) is 24.3 Å². The number of ether oxygens (including phenoxy) is 1. The number of nitrogens with zero attached hydrogens (tertiary/aromatic N) is 4. The Hall–Kier alpha value is -1.83. The Bertz CT molecular complexity index is 765. The minimum absolute atomic E-state index is 0.0605. The van der Waals surface area contributed by atoms with Crippen LogP contribution in [0.1, 0.15) is 29.7 Å². The third-order valence-corrected chi connectivity index (χ3v) is 5.04. The van der Waals surface area contributed by atoms with Crippen molar-refractivity contribution in [2.24, 2.45) is 0 Å². The van der Waals surface area contributed by atoms with Gasteiger partial charge in [-0.2, -0.15) is 5.10 Å². The summed E-state index contributed by atoms with van der Waals surface area (Å²) in [6.07, 6.45) is 0.796. The van der Waals surface area contributed by atoms with Gasteiger partial charge in [-0.05, 0) is 12.1 Å². The van der Waals surface area contributed by atoms with Gasteiger partial charge in [-0.1, -0.05) is 19.1 Å². The molecule has 1 fully saturated rings. The van der Waals surface area contributed by atoms with Crippen molar-refractivity contribution in [1.82, 2.24) is 25.1 Å². The minimum atomic E-state index is -0.0605. The molecule has 0 saturated carbocycles. The zero-order valence-electron chi connectivity index (χ0n) is 13.0. The Morgan fingerprint density at radius 3 is 3.09 bits per heavy atom. The maximum absolute atomic E-state index is 5.85. The van der Waals surface area contributed by atoms with E-state index >= 15 is 0 Å². The number of aryl methyl sites for hydroxylation is 1. The highest BCUT2D eigenvalue weighted by atomic mass is 32.1. The number of nitrogens with one attached hydrogen (secondary N) is 1. The summed E-state index contributed by atoms with van der Waals surface area (Å²) in [6.45, 7) is 5.33. The van der Waals surface area contributed by atoms with Crippen LogP contribution < -0.4 is 0 Å². The number of benzene rings is 1. The first-order chi connectivity index (χ1) is 11.3. The summed E-state index contributed by atoms with van der Waals surface area (Å²) in [5, 5.41) is 8.40. The standard InChI is InChI=1S/C16H19N5OS/c1-2-14-18-16(20-19-14)12-9-21(7-8-22-12)10-15-17-11-5-3-4-6-13(11)23-15/h3-6,12H,2,7-10H2,1H3,(H,18,19,20)/t12-/m0/s1. The van der Waals surface area contributed by atoms with E-state index in [1.165, 1.54) is 4.70 Å². The number of para-hydroxylation sites is 1. The van der Waals surface area contributed by atoms with Crippen molar-refractivity contribution in [2.45, 2.75) is 26.0 Å². The minimum Gasteiger partial charge on any atom is -0.367 e. The molecule has 1 saturated heterocycles. The third-order valence-electron chi connectivity index (χ3n) is 4.02. The van der Waals surface area contributed by atoms with Gasteiger partial charge in [-0.3, -0.25) is 10.00 Å². The van der Waals surface area contributed by atoms with Gasteiger partial charge in [0, 0.05) is 19.5 Å². The fraction of sp³-hybridized carbons (Fsp3) is 0.438. The van der Waals surface area contributed by atoms with Gasteiger partial charge in [0.1, 0.15) is 16.9 Å². The molecular formula is C16H19N5OS. The number of fused-ring (bicyclic) bond motifs is 1. The molecule has 6 nitrogen and oxygen atoms in total. The predicted molar refractivity (Wildman–Crippen MR) is 89.4 cm³/mol. The monoisotopic (exact) mass is 329 g/mol. The van der Waals surface area contributed by atoms with Crippen molar-refractivity contribution in [1.29, 1.82) is 0 Å². The Kier molecular flexibility index (Phi) is 4.07. The molecule has 1 N–H and O–H groups in total. The first-order valence-electron chi connectivity index (χ1n) is 7.91. The number of aromatic nitrogens is 4. The van der Waals surface area contributed by atoms with Gasteiger partial charge in [-0.15, -0.1) is 11.3 Å². The lowest BCUT2D eigenvalue weighted by Gasteiger charge is -2.30. The third kappa shape index (κ3) is 3.12. The van der Waals surface area contributed by atoms with Gasteiger partial charge in [0.15, 0.2) is 5.82 Å². The summed E-state index contributed by atoms with van der Waals surface area (Å²) in [4.78, 5) is 11.6. The smallest absolute Gasteiger partial charge is 0.180 e. The number of hydrogen-bond donors (Lipinski definition) is 1. The van der Waals surface area contributed by atoms with Gasteiger partial charge < -0.3 is 4.74 Å². The Morgan fingerprint density at radius 2 is 2.26 bits per heavy atom. The first kappa shape index (κ1) is 14.7. The summed E-state index contributed by atoms with van der Waals surface area (Å²) in [5.41, 5.74) is 1.08. The lowest BCUT2D eigenvalue weighted by Crippen LogP contribution is -2.38. The van der Waals surface area contributed by atoms with Gasteiger partial charge in [0.05, 0.1) is 23.4 Å². The van der Waals surface area contributed by atoms with E-state index in [0.29, 0.717) is 6.61 Å². The van der Waals surface area contributed by atoms with E-state index in [1.807, 2.05) is 6.07 Å². The Labute approximate surface area is 138 Å². The number of thiazole rings is 1. The molecule has 3 aromatic rings. The zero-order valence-corrected chi connectivity index (χ0v) is 13.8. The van der Waals surface area contributed by atoms with E-state index in [-0.39, 0.29) is 6.10 Å². The van der Waals surface area contributed by atoms with E-state index in [4.69, 9.17) is 9.72 Å². The van der Waals surface area contributed by atoms with Crippen molar-refractivity contribution in [3.63, 3.8) is 0 Å². The van der Waals surface area contributed by atoms with Crippen molar-refractivity contribution in [3.05, 3.63) is 40.9 Å². The van der Waals surface area contributed by atoms with Crippen LogP contribution in [0.2, 0.25) is 0 Å². The molecule has 120 valence electrons. The summed E-state index contributed by atoms with van der Waals surface area (Å²) < 4.78 is 7.09. The summed E-state index contributed by atoms with van der Waals surface area (Å²) in [6, 6.07) is 8.28. The zero-order chi connectivity index (χ0) is 15.6. The fourth-order valence-corrected chi connectivity index (χ4v) is 3.80. The van der Waals surface area contributed by atoms with Crippen LogP contribution in [0.5, 0.6) is 0 Å². The van der Waals surface area contributed by atoms with Crippen LogP contribution in [-0.2, 0) is 17.7 Å². The quantitative estimate of drug-likeness (QED) is 0.797. The average Bonchev–Trinajstić information content (AvgIpc) is 3.21.